The maximum absolute atomic E-state index is 11.8. The lowest BCUT2D eigenvalue weighted by Gasteiger charge is -2.19. The standard InChI is InChI=1S/C25H35N3O4Si/c1-25(2,3)32-24(29)27-17-19-7-9-20(10-8-19)31-22-11-13-26-23-21(22)12-14-28(23)18-30-15-16-33(4,5)6/h7-14H,15-18H2,1-6H3,(H,27,29). The molecule has 8 heteroatoms. The monoisotopic (exact) mass is 469 g/mol. The number of fused-ring (bicyclic) bond motifs is 1. The Morgan fingerprint density at radius 2 is 1.82 bits per heavy atom. The molecule has 7 nitrogen and oxygen atoms in total. The molecule has 0 aliphatic heterocycles. The van der Waals surface area contributed by atoms with Crippen LogP contribution in [0.5, 0.6) is 11.5 Å². The first kappa shape index (κ1) is 24.8. The Bertz CT molecular complexity index is 1070. The lowest BCUT2D eigenvalue weighted by atomic mass is 10.2. The third-order valence-electron chi connectivity index (χ3n) is 4.84. The number of rotatable bonds is 9. The molecule has 0 aliphatic rings. The predicted molar refractivity (Wildman–Crippen MR) is 133 cm³/mol. The van der Waals surface area contributed by atoms with E-state index in [1.54, 1.807) is 6.20 Å². The Labute approximate surface area is 197 Å². The van der Waals surface area contributed by atoms with Gasteiger partial charge in [0.2, 0.25) is 0 Å². The van der Waals surface area contributed by atoms with Crippen molar-refractivity contribution in [1.29, 1.82) is 0 Å². The third-order valence-corrected chi connectivity index (χ3v) is 6.54. The molecule has 0 unspecified atom stereocenters. The molecule has 3 rings (SSSR count). The summed E-state index contributed by atoms with van der Waals surface area (Å²) in [5.41, 5.74) is 1.27. The third kappa shape index (κ3) is 7.90. The fraction of sp³-hybridized carbons (Fsp3) is 0.440. The van der Waals surface area contributed by atoms with Gasteiger partial charge in [-0.25, -0.2) is 9.78 Å². The Hall–Kier alpha value is -2.84. The van der Waals surface area contributed by atoms with Crippen molar-refractivity contribution in [2.24, 2.45) is 0 Å². The van der Waals surface area contributed by atoms with E-state index >= 15 is 0 Å². The Kier molecular flexibility index (Phi) is 7.81. The van der Waals surface area contributed by atoms with Crippen molar-refractivity contribution in [2.75, 3.05) is 6.61 Å². The molecule has 0 radical (unpaired) electrons. The maximum Gasteiger partial charge on any atom is 0.407 e. The Balaban J connectivity index is 1.59. The van der Waals surface area contributed by atoms with Gasteiger partial charge in [-0.05, 0) is 56.6 Å². The predicted octanol–water partition coefficient (Wildman–Crippen LogP) is 6.17. The zero-order chi connectivity index (χ0) is 24.1. The fourth-order valence-corrected chi connectivity index (χ4v) is 3.85. The molecular weight excluding hydrogens is 434 g/mol. The molecule has 178 valence electrons. The normalized spacial score (nSPS) is 12.1. The number of carbonyl (C=O) groups is 1. The van der Waals surface area contributed by atoms with Gasteiger partial charge < -0.3 is 24.1 Å². The van der Waals surface area contributed by atoms with Gasteiger partial charge in [-0.2, -0.15) is 0 Å². The van der Waals surface area contributed by atoms with Gasteiger partial charge in [-0.15, -0.1) is 0 Å². The van der Waals surface area contributed by atoms with Gasteiger partial charge in [0.05, 0.1) is 5.39 Å². The van der Waals surface area contributed by atoms with Gasteiger partial charge in [-0.3, -0.25) is 0 Å². The van der Waals surface area contributed by atoms with Crippen LogP contribution in [0.1, 0.15) is 26.3 Å². The summed E-state index contributed by atoms with van der Waals surface area (Å²) < 4.78 is 19.3. The number of nitrogens with zero attached hydrogens (tertiary/aromatic N) is 2. The van der Waals surface area contributed by atoms with Crippen molar-refractivity contribution in [2.45, 2.75) is 65.3 Å². The number of carbonyl (C=O) groups excluding carboxylic acids is 1. The van der Waals surface area contributed by atoms with Gasteiger partial charge in [0.25, 0.3) is 0 Å². The van der Waals surface area contributed by atoms with Gasteiger partial charge in [-0.1, -0.05) is 31.8 Å². The summed E-state index contributed by atoms with van der Waals surface area (Å²) >= 11 is 0. The zero-order valence-electron chi connectivity index (χ0n) is 20.5. The van der Waals surface area contributed by atoms with Gasteiger partial charge in [0.15, 0.2) is 0 Å². The molecule has 3 aromatic rings. The van der Waals surface area contributed by atoms with Crippen molar-refractivity contribution in [3.05, 3.63) is 54.4 Å². The molecule has 0 spiro atoms. The lowest BCUT2D eigenvalue weighted by Crippen LogP contribution is -2.32. The van der Waals surface area contributed by atoms with Crippen LogP contribution >= 0.6 is 0 Å². The minimum Gasteiger partial charge on any atom is -0.457 e. The average Bonchev–Trinajstić information content (AvgIpc) is 3.13. The van der Waals surface area contributed by atoms with E-state index in [1.807, 2.05) is 67.9 Å². The molecule has 2 aromatic heterocycles. The Morgan fingerprint density at radius 3 is 2.48 bits per heavy atom. The van der Waals surface area contributed by atoms with E-state index in [1.165, 1.54) is 0 Å². The van der Waals surface area contributed by atoms with Gasteiger partial charge >= 0.3 is 6.09 Å². The summed E-state index contributed by atoms with van der Waals surface area (Å²) in [5.74, 6) is 1.45. The van der Waals surface area contributed by atoms with Crippen LogP contribution in [0.15, 0.2) is 48.8 Å². The number of alkyl carbamates (subject to hydrolysis) is 1. The van der Waals surface area contributed by atoms with Crippen LogP contribution in [0.25, 0.3) is 11.0 Å². The van der Waals surface area contributed by atoms with E-state index in [0.717, 1.165) is 35.0 Å². The molecule has 2 heterocycles. The van der Waals surface area contributed by atoms with Crippen molar-refractivity contribution in [3.63, 3.8) is 0 Å². The van der Waals surface area contributed by atoms with Crippen LogP contribution in [0.4, 0.5) is 4.79 Å². The number of pyridine rings is 1. The second kappa shape index (κ2) is 10.4. The first-order valence-corrected chi connectivity index (χ1v) is 15.0. The number of ether oxygens (including phenoxy) is 3. The molecule has 0 fully saturated rings. The van der Waals surface area contributed by atoms with Crippen LogP contribution in [-0.2, 0) is 22.7 Å². The first-order valence-electron chi connectivity index (χ1n) is 11.3. The number of hydrogen-bond donors (Lipinski definition) is 1. The topological polar surface area (TPSA) is 74.6 Å². The number of nitrogens with one attached hydrogen (secondary N) is 1. The molecular formula is C25H35N3O4Si. The fourth-order valence-electron chi connectivity index (χ4n) is 3.09. The highest BCUT2D eigenvalue weighted by atomic mass is 28.3. The summed E-state index contributed by atoms with van der Waals surface area (Å²) in [7, 11) is -1.11. The SMILES string of the molecule is CC(C)(C)OC(=O)NCc1ccc(Oc2ccnc3c2ccn3COCC[Si](C)(C)C)cc1. The number of benzene rings is 1. The highest BCUT2D eigenvalue weighted by Crippen LogP contribution is 2.29. The first-order chi connectivity index (χ1) is 15.5. The molecule has 0 aliphatic carbocycles. The summed E-state index contributed by atoms with van der Waals surface area (Å²) in [6, 6.07) is 12.6. The van der Waals surface area contributed by atoms with E-state index in [2.05, 4.69) is 29.9 Å². The second-order valence-electron chi connectivity index (χ2n) is 10.3. The van der Waals surface area contributed by atoms with Crippen LogP contribution < -0.4 is 10.1 Å². The van der Waals surface area contributed by atoms with Crippen molar-refractivity contribution >= 4 is 25.2 Å². The molecule has 1 N–H and O–H groups in total. The van der Waals surface area contributed by atoms with Crippen molar-refractivity contribution in [3.8, 4) is 11.5 Å². The molecule has 33 heavy (non-hydrogen) atoms. The van der Waals surface area contributed by atoms with Crippen LogP contribution in [0.3, 0.4) is 0 Å². The smallest absolute Gasteiger partial charge is 0.407 e. The summed E-state index contributed by atoms with van der Waals surface area (Å²) in [6.07, 6.45) is 3.29. The maximum atomic E-state index is 11.8. The quantitative estimate of drug-likeness (QED) is 0.300. The average molecular weight is 470 g/mol. The largest absolute Gasteiger partial charge is 0.457 e. The minimum absolute atomic E-state index is 0.384. The van der Waals surface area contributed by atoms with Gasteiger partial charge in [0, 0.05) is 33.6 Å². The minimum atomic E-state index is -1.11. The lowest BCUT2D eigenvalue weighted by molar-refractivity contribution is 0.0523. The van der Waals surface area contributed by atoms with E-state index < -0.39 is 19.8 Å². The zero-order valence-corrected chi connectivity index (χ0v) is 21.5. The molecule has 0 saturated carbocycles. The second-order valence-corrected chi connectivity index (χ2v) is 15.9. The summed E-state index contributed by atoms with van der Waals surface area (Å²) in [6.45, 7) is 14.2. The molecule has 1 aromatic carbocycles. The van der Waals surface area contributed by atoms with Crippen molar-refractivity contribution < 1.29 is 19.0 Å². The van der Waals surface area contributed by atoms with E-state index in [-0.39, 0.29) is 0 Å². The molecule has 1 amide bonds. The van der Waals surface area contributed by atoms with Crippen LogP contribution in [0.2, 0.25) is 25.7 Å². The van der Waals surface area contributed by atoms with Crippen LogP contribution in [0, 0.1) is 0 Å². The Morgan fingerprint density at radius 1 is 1.09 bits per heavy atom. The highest BCUT2D eigenvalue weighted by Gasteiger charge is 2.16. The number of hydrogen-bond acceptors (Lipinski definition) is 5. The van der Waals surface area contributed by atoms with Crippen molar-refractivity contribution in [1.82, 2.24) is 14.9 Å². The summed E-state index contributed by atoms with van der Waals surface area (Å²) in [4.78, 5) is 16.3. The molecule has 0 saturated heterocycles. The molecule has 0 bridgehead atoms. The highest BCUT2D eigenvalue weighted by molar-refractivity contribution is 6.76. The van der Waals surface area contributed by atoms with Crippen LogP contribution in [-0.4, -0.2) is 35.9 Å². The number of amides is 1. The number of aromatic nitrogens is 2. The summed E-state index contributed by atoms with van der Waals surface area (Å²) in [5, 5.41) is 3.69. The van der Waals surface area contributed by atoms with E-state index in [9.17, 15) is 4.79 Å². The van der Waals surface area contributed by atoms with Gasteiger partial charge in [0.1, 0.15) is 29.5 Å². The van der Waals surface area contributed by atoms with E-state index in [0.29, 0.717) is 19.0 Å². The molecule has 0 atom stereocenters. The van der Waals surface area contributed by atoms with E-state index in [4.69, 9.17) is 14.2 Å².